The van der Waals surface area contributed by atoms with E-state index in [4.69, 9.17) is 9.47 Å². The maximum absolute atomic E-state index is 14.7. The van der Waals surface area contributed by atoms with Crippen LogP contribution in [0.25, 0.3) is 32.8 Å². The molecular weight excluding hydrogens is 611 g/mol. The molecule has 0 spiro atoms. The van der Waals surface area contributed by atoms with Gasteiger partial charge in [-0.2, -0.15) is 13.2 Å². The molecule has 8 nitrogen and oxygen atoms in total. The predicted molar refractivity (Wildman–Crippen MR) is 173 cm³/mol. The van der Waals surface area contributed by atoms with Crippen molar-refractivity contribution in [1.82, 2.24) is 14.8 Å². The second-order valence-corrected chi connectivity index (χ2v) is 12.8. The van der Waals surface area contributed by atoms with E-state index in [9.17, 15) is 27.6 Å². The molecule has 6 rings (SSSR count). The van der Waals surface area contributed by atoms with E-state index in [2.05, 4.69) is 10.2 Å². The lowest BCUT2D eigenvalue weighted by atomic mass is 9.81. The fraction of sp³-hybridized carbons (Fsp3) is 0.417. The Morgan fingerprint density at radius 2 is 1.70 bits per heavy atom. The zero-order chi connectivity index (χ0) is 33.5. The van der Waals surface area contributed by atoms with Gasteiger partial charge in [-0.05, 0) is 60.3 Å². The fourth-order valence-electron chi connectivity index (χ4n) is 7.03. The van der Waals surface area contributed by atoms with Crippen LogP contribution in [0.2, 0.25) is 0 Å². The quantitative estimate of drug-likeness (QED) is 0.267. The van der Waals surface area contributed by atoms with Gasteiger partial charge >= 0.3 is 12.1 Å². The third-order valence-electron chi connectivity index (χ3n) is 9.89. The number of likely N-dealkylation sites (tertiary alicyclic amines) is 1. The number of para-hydroxylation sites is 1. The number of benzene rings is 3. The number of alkyl halides is 3. The Kier molecular flexibility index (Phi) is 8.88. The Balaban J connectivity index is 1.36. The number of amides is 1. The Hall–Kier alpha value is -4.22. The van der Waals surface area contributed by atoms with Gasteiger partial charge in [-0.3, -0.25) is 14.5 Å². The Morgan fingerprint density at radius 3 is 2.40 bits per heavy atom. The van der Waals surface area contributed by atoms with E-state index in [1.165, 1.54) is 43.0 Å². The van der Waals surface area contributed by atoms with Crippen molar-refractivity contribution in [1.29, 1.82) is 0 Å². The summed E-state index contributed by atoms with van der Waals surface area (Å²) in [5, 5.41) is 3.86. The zero-order valence-electron chi connectivity index (χ0n) is 26.7. The van der Waals surface area contributed by atoms with Crippen LogP contribution in [0, 0.1) is 5.41 Å². The molecule has 2 saturated heterocycles. The summed E-state index contributed by atoms with van der Waals surface area (Å²) >= 11 is 0. The highest BCUT2D eigenvalue weighted by Crippen LogP contribution is 2.42. The lowest BCUT2D eigenvalue weighted by Crippen LogP contribution is -2.51. The molecule has 248 valence electrons. The van der Waals surface area contributed by atoms with Gasteiger partial charge in [0.05, 0.1) is 43.0 Å². The second-order valence-electron chi connectivity index (χ2n) is 12.8. The first-order valence-electron chi connectivity index (χ1n) is 15.8. The highest BCUT2D eigenvalue weighted by molar-refractivity contribution is 6.02. The largest absolute Gasteiger partial charge is 0.467 e. The van der Waals surface area contributed by atoms with Gasteiger partial charge in [0.1, 0.15) is 6.04 Å². The monoisotopic (exact) mass is 649 g/mol. The molecule has 0 aliphatic carbocycles. The number of carbonyl (C=O) groups excluding carboxylic acids is 2. The summed E-state index contributed by atoms with van der Waals surface area (Å²) in [6.07, 6.45) is -2.63. The van der Waals surface area contributed by atoms with Crippen LogP contribution in [0.15, 0.2) is 65.5 Å². The van der Waals surface area contributed by atoms with E-state index in [0.29, 0.717) is 48.4 Å². The van der Waals surface area contributed by atoms with Crippen LogP contribution in [0.5, 0.6) is 0 Å². The van der Waals surface area contributed by atoms with E-state index >= 15 is 0 Å². The van der Waals surface area contributed by atoms with Gasteiger partial charge in [-0.25, -0.2) is 4.79 Å². The number of carbonyl (C=O) groups is 2. The first-order valence-corrected chi connectivity index (χ1v) is 15.8. The van der Waals surface area contributed by atoms with Gasteiger partial charge < -0.3 is 19.4 Å². The minimum absolute atomic E-state index is 0.0443. The van der Waals surface area contributed by atoms with Crippen molar-refractivity contribution < 1.29 is 32.2 Å². The first-order chi connectivity index (χ1) is 22.4. The highest BCUT2D eigenvalue weighted by Gasteiger charge is 2.40. The van der Waals surface area contributed by atoms with Crippen LogP contribution in [0.4, 0.5) is 13.2 Å². The molecule has 1 N–H and O–H groups in total. The number of aromatic nitrogens is 1. The number of fused-ring (bicyclic) bond motifs is 2. The summed E-state index contributed by atoms with van der Waals surface area (Å²) in [7, 11) is 2.71. The van der Waals surface area contributed by atoms with E-state index in [1.54, 1.807) is 36.4 Å². The molecule has 2 atom stereocenters. The normalized spacial score (nSPS) is 20.0. The summed E-state index contributed by atoms with van der Waals surface area (Å²) < 4.78 is 55.8. The van der Waals surface area contributed by atoms with Gasteiger partial charge in [0.15, 0.2) is 0 Å². The number of esters is 1. The van der Waals surface area contributed by atoms with Gasteiger partial charge in [-0.1, -0.05) is 61.5 Å². The van der Waals surface area contributed by atoms with E-state index in [0.717, 1.165) is 19.5 Å². The maximum Gasteiger partial charge on any atom is 0.417 e. The number of methoxy groups -OCH3 is 1. The van der Waals surface area contributed by atoms with Crippen molar-refractivity contribution in [2.45, 2.75) is 50.9 Å². The standard InChI is InChI=1S/C36H38F3N3O5/c1-35(15-8-17-42(18-16-35)23-20-47-21-23)34(45)40-28(33(44)46-3)19-22-9-6-12-25-24(22)11-7-13-26(25)30-31(36(37,38)39)27-10-4-5-14-29(27)41(2)32(30)43/h4-7,9-14,23,28H,8,15-21H2,1-3H3,(H,40,45)/t28-,35?/m0/s1. The molecule has 1 amide bonds. The van der Waals surface area contributed by atoms with Crippen molar-refractivity contribution in [2.24, 2.45) is 12.5 Å². The Labute approximate surface area is 270 Å². The van der Waals surface area contributed by atoms with Crippen LogP contribution in [0.3, 0.4) is 0 Å². The van der Waals surface area contributed by atoms with Gasteiger partial charge in [-0.15, -0.1) is 0 Å². The number of ether oxygens (including phenoxy) is 2. The summed E-state index contributed by atoms with van der Waals surface area (Å²) in [5.41, 5.74) is -1.96. The molecule has 3 aromatic carbocycles. The molecule has 3 heterocycles. The minimum Gasteiger partial charge on any atom is -0.467 e. The molecule has 1 unspecified atom stereocenters. The summed E-state index contributed by atoms with van der Waals surface area (Å²) in [5.74, 6) is -0.866. The summed E-state index contributed by atoms with van der Waals surface area (Å²) in [6.45, 7) is 4.96. The number of halogens is 3. The number of hydrogen-bond acceptors (Lipinski definition) is 6. The number of aryl methyl sites for hydroxylation is 1. The number of rotatable bonds is 7. The molecule has 11 heteroatoms. The fourth-order valence-corrected chi connectivity index (χ4v) is 7.03. The molecule has 0 saturated carbocycles. The molecule has 47 heavy (non-hydrogen) atoms. The predicted octanol–water partition coefficient (Wildman–Crippen LogP) is 5.47. The molecule has 0 radical (unpaired) electrons. The highest BCUT2D eigenvalue weighted by atomic mass is 19.4. The number of hydrogen-bond donors (Lipinski definition) is 1. The van der Waals surface area contributed by atoms with Crippen LogP contribution in [-0.2, 0) is 38.7 Å². The third-order valence-corrected chi connectivity index (χ3v) is 9.89. The van der Waals surface area contributed by atoms with Crippen molar-refractivity contribution in [2.75, 3.05) is 33.4 Å². The van der Waals surface area contributed by atoms with Crippen LogP contribution < -0.4 is 10.9 Å². The average molecular weight is 650 g/mol. The number of nitrogens with one attached hydrogen (secondary N) is 1. The summed E-state index contributed by atoms with van der Waals surface area (Å²) in [4.78, 5) is 42.8. The zero-order valence-corrected chi connectivity index (χ0v) is 26.7. The minimum atomic E-state index is -4.81. The molecular formula is C36H38F3N3O5. The first kappa shape index (κ1) is 32.7. The smallest absolute Gasteiger partial charge is 0.417 e. The van der Waals surface area contributed by atoms with Crippen LogP contribution in [-0.4, -0.2) is 66.8 Å². The van der Waals surface area contributed by atoms with Crippen molar-refractivity contribution in [3.63, 3.8) is 0 Å². The van der Waals surface area contributed by atoms with Crippen molar-refractivity contribution >= 4 is 33.6 Å². The van der Waals surface area contributed by atoms with Crippen LogP contribution >= 0.6 is 0 Å². The maximum atomic E-state index is 14.7. The van der Waals surface area contributed by atoms with Gasteiger partial charge in [0.25, 0.3) is 5.56 Å². The lowest BCUT2D eigenvalue weighted by molar-refractivity contribution is -0.146. The Morgan fingerprint density at radius 1 is 1.00 bits per heavy atom. The molecule has 2 fully saturated rings. The van der Waals surface area contributed by atoms with Gasteiger partial charge in [0, 0.05) is 24.3 Å². The SMILES string of the molecule is COC(=O)[C@H](Cc1cccc2c(-c3c(C(F)(F)F)c4ccccc4n(C)c3=O)cccc12)NC(=O)C1(C)CCCN(C2COC2)CC1. The topological polar surface area (TPSA) is 89.9 Å². The van der Waals surface area contributed by atoms with Crippen LogP contribution in [0.1, 0.15) is 37.3 Å². The molecule has 2 aliphatic rings. The molecule has 4 aromatic rings. The van der Waals surface area contributed by atoms with Gasteiger partial charge in [0.2, 0.25) is 5.91 Å². The number of nitrogens with zero attached hydrogens (tertiary/aromatic N) is 2. The Bertz CT molecular complexity index is 1900. The average Bonchev–Trinajstić information content (AvgIpc) is 3.22. The molecule has 2 aliphatic heterocycles. The van der Waals surface area contributed by atoms with Crippen molar-refractivity contribution in [3.8, 4) is 11.1 Å². The second kappa shape index (κ2) is 12.8. The summed E-state index contributed by atoms with van der Waals surface area (Å²) in [6, 6.07) is 15.3. The van der Waals surface area contributed by atoms with E-state index < -0.39 is 40.3 Å². The lowest BCUT2D eigenvalue weighted by Gasteiger charge is -2.37. The van der Waals surface area contributed by atoms with E-state index in [-0.39, 0.29) is 28.8 Å². The molecule has 1 aromatic heterocycles. The molecule has 0 bridgehead atoms. The third kappa shape index (κ3) is 6.14. The van der Waals surface area contributed by atoms with Crippen molar-refractivity contribution in [3.05, 3.63) is 82.1 Å². The number of pyridine rings is 1. The van der Waals surface area contributed by atoms with E-state index in [1.807, 2.05) is 6.92 Å².